The van der Waals surface area contributed by atoms with Gasteiger partial charge in [0.05, 0.1) is 6.10 Å². The Balaban J connectivity index is 0.00000200. The van der Waals surface area contributed by atoms with Gasteiger partial charge in [0.15, 0.2) is 11.2 Å². The summed E-state index contributed by atoms with van der Waals surface area (Å²) in [5.74, 6) is -1.86. The smallest absolute Gasteiger partial charge is 0.542 e. The molecule has 6 nitrogen and oxygen atoms in total. The Labute approximate surface area is 136 Å². The van der Waals surface area contributed by atoms with E-state index in [9.17, 15) is 14.7 Å². The van der Waals surface area contributed by atoms with Crippen LogP contribution in [-0.2, 0) is 0 Å². The monoisotopic (exact) mass is 286 g/mol. The fourth-order valence-electron chi connectivity index (χ4n) is 1.61. The Kier molecular flexibility index (Phi) is 5.76. The molecule has 2 rings (SSSR count). The van der Waals surface area contributed by atoms with Gasteiger partial charge in [0.25, 0.3) is 0 Å². The fourth-order valence-corrected chi connectivity index (χ4v) is 1.61. The third kappa shape index (κ3) is 3.61. The maximum atomic E-state index is 11.9. The average molecular weight is 286 g/mol. The van der Waals surface area contributed by atoms with E-state index in [4.69, 9.17) is 14.3 Å². The molecule has 1 N–H and O–H groups in total. The Morgan fingerprint density at radius 2 is 2.20 bits per heavy atom. The van der Waals surface area contributed by atoms with Crippen molar-refractivity contribution in [1.29, 1.82) is 0 Å². The third-order valence-electron chi connectivity index (χ3n) is 2.40. The van der Waals surface area contributed by atoms with Gasteiger partial charge in [-0.05, 0) is 19.1 Å². The van der Waals surface area contributed by atoms with Crippen molar-refractivity contribution in [3.63, 3.8) is 0 Å². The number of carboxylic acids is 1. The summed E-state index contributed by atoms with van der Waals surface area (Å²) >= 11 is 0. The van der Waals surface area contributed by atoms with E-state index in [-0.39, 0.29) is 52.9 Å². The summed E-state index contributed by atoms with van der Waals surface area (Å²) < 4.78 is 10.3. The first-order valence-corrected chi connectivity index (χ1v) is 5.58. The molecule has 0 aliphatic carbocycles. The van der Waals surface area contributed by atoms with Gasteiger partial charge >= 0.3 is 29.6 Å². The number of rotatable bonds is 4. The number of fused-ring (bicyclic) bond motifs is 1. The molecule has 1 aromatic heterocycles. The molecule has 1 aromatic carbocycles. The zero-order valence-electron chi connectivity index (χ0n) is 11.1. The molecule has 0 saturated carbocycles. The first kappa shape index (κ1) is 16.7. The van der Waals surface area contributed by atoms with Crippen LogP contribution in [0.4, 0.5) is 0 Å². The van der Waals surface area contributed by atoms with E-state index in [1.54, 1.807) is 19.1 Å². The second-order valence-electron chi connectivity index (χ2n) is 4.05. The van der Waals surface area contributed by atoms with E-state index in [1.165, 1.54) is 6.07 Å². The number of carbonyl (C=O) groups is 1. The number of hydrogen-bond donors (Lipinski definition) is 1. The minimum absolute atomic E-state index is 0. The van der Waals surface area contributed by atoms with E-state index >= 15 is 0 Å². The van der Waals surface area contributed by atoms with Gasteiger partial charge in [-0.25, -0.2) is 0 Å². The van der Waals surface area contributed by atoms with Crippen LogP contribution in [0.25, 0.3) is 11.0 Å². The SMILES string of the molecule is CC(O)COc1cccc2oc(C(=O)[O-])cc(=O)c12.[Na+]. The minimum Gasteiger partial charge on any atom is -0.542 e. The number of aliphatic hydroxyl groups excluding tert-OH is 1. The van der Waals surface area contributed by atoms with E-state index < -0.39 is 23.3 Å². The van der Waals surface area contributed by atoms with Gasteiger partial charge in [0.1, 0.15) is 29.3 Å². The molecular formula is C13H11NaO6. The standard InChI is InChI=1S/C13H12O6.Na/c1-7(14)6-18-9-3-2-4-10-12(9)8(15)5-11(19-10)13(16)17;/h2-5,7,14H,6H2,1H3,(H,16,17);/q;+1/p-1. The summed E-state index contributed by atoms with van der Waals surface area (Å²) in [5.41, 5.74) is -0.448. The van der Waals surface area contributed by atoms with Gasteiger partial charge in [-0.2, -0.15) is 0 Å². The molecule has 1 atom stereocenters. The molecule has 0 aliphatic heterocycles. The molecule has 0 fully saturated rings. The van der Waals surface area contributed by atoms with Crippen molar-refractivity contribution in [2.45, 2.75) is 13.0 Å². The number of hydrogen-bond acceptors (Lipinski definition) is 6. The first-order chi connectivity index (χ1) is 8.99. The van der Waals surface area contributed by atoms with Crippen molar-refractivity contribution in [3.05, 3.63) is 40.2 Å². The van der Waals surface area contributed by atoms with Crippen LogP contribution in [0.3, 0.4) is 0 Å². The molecule has 1 unspecified atom stereocenters. The molecule has 0 bridgehead atoms. The first-order valence-electron chi connectivity index (χ1n) is 5.58. The Bertz CT molecular complexity index is 676. The van der Waals surface area contributed by atoms with E-state index in [1.807, 2.05) is 0 Å². The van der Waals surface area contributed by atoms with Crippen LogP contribution in [0.2, 0.25) is 0 Å². The van der Waals surface area contributed by atoms with Crippen LogP contribution in [0.5, 0.6) is 5.75 Å². The summed E-state index contributed by atoms with van der Waals surface area (Å²) in [5, 5.41) is 20.0. The Morgan fingerprint density at radius 1 is 1.50 bits per heavy atom. The molecule has 0 radical (unpaired) electrons. The molecule has 0 spiro atoms. The second kappa shape index (κ2) is 6.90. The van der Waals surface area contributed by atoms with E-state index in [2.05, 4.69) is 0 Å². The third-order valence-corrected chi connectivity index (χ3v) is 2.40. The Hall–Kier alpha value is -1.34. The van der Waals surface area contributed by atoms with Crippen LogP contribution < -0.4 is 44.8 Å². The minimum atomic E-state index is -1.56. The molecule has 100 valence electrons. The van der Waals surface area contributed by atoms with Gasteiger partial charge < -0.3 is 24.2 Å². The topological polar surface area (TPSA) is 99.8 Å². The summed E-state index contributed by atoms with van der Waals surface area (Å²) in [6, 6.07) is 5.40. The summed E-state index contributed by atoms with van der Waals surface area (Å²) in [6.07, 6.45) is -0.690. The summed E-state index contributed by atoms with van der Waals surface area (Å²) in [7, 11) is 0. The van der Waals surface area contributed by atoms with Crippen molar-refractivity contribution in [2.75, 3.05) is 6.61 Å². The van der Waals surface area contributed by atoms with Crippen molar-refractivity contribution < 1.29 is 53.7 Å². The van der Waals surface area contributed by atoms with Crippen LogP contribution >= 0.6 is 0 Å². The molecule has 0 amide bonds. The van der Waals surface area contributed by atoms with Crippen LogP contribution in [0.15, 0.2) is 33.5 Å². The van der Waals surface area contributed by atoms with Crippen molar-refractivity contribution >= 4 is 16.9 Å². The number of benzene rings is 1. The predicted molar refractivity (Wildman–Crippen MR) is 64.0 cm³/mol. The molecule has 1 heterocycles. The molecule has 0 aliphatic rings. The van der Waals surface area contributed by atoms with Gasteiger partial charge in [0, 0.05) is 6.07 Å². The maximum absolute atomic E-state index is 11.9. The fraction of sp³-hybridized carbons (Fsp3) is 0.231. The molecular weight excluding hydrogens is 275 g/mol. The van der Waals surface area contributed by atoms with Crippen LogP contribution in [0, 0.1) is 0 Å². The van der Waals surface area contributed by atoms with Crippen molar-refractivity contribution in [2.24, 2.45) is 0 Å². The van der Waals surface area contributed by atoms with Gasteiger partial charge in [0.2, 0.25) is 0 Å². The quantitative estimate of drug-likeness (QED) is 0.598. The van der Waals surface area contributed by atoms with Crippen molar-refractivity contribution in [1.82, 2.24) is 0 Å². The number of aliphatic hydroxyl groups is 1. The van der Waals surface area contributed by atoms with E-state index in [0.29, 0.717) is 0 Å². The maximum Gasteiger partial charge on any atom is 1.00 e. The molecule has 20 heavy (non-hydrogen) atoms. The zero-order chi connectivity index (χ0) is 14.0. The van der Waals surface area contributed by atoms with Crippen LogP contribution in [0.1, 0.15) is 17.5 Å². The largest absolute Gasteiger partial charge is 1.00 e. The number of aromatic carboxylic acids is 1. The Morgan fingerprint density at radius 3 is 2.80 bits per heavy atom. The van der Waals surface area contributed by atoms with Crippen LogP contribution in [-0.4, -0.2) is 23.8 Å². The molecule has 0 saturated heterocycles. The van der Waals surface area contributed by atoms with Gasteiger partial charge in [-0.15, -0.1) is 0 Å². The normalized spacial score (nSPS) is 11.7. The summed E-state index contributed by atoms with van der Waals surface area (Å²) in [4.78, 5) is 22.6. The number of carboxylic acid groups (broad SMARTS) is 1. The number of carbonyl (C=O) groups excluding carboxylic acids is 1. The van der Waals surface area contributed by atoms with Gasteiger partial charge in [-0.3, -0.25) is 4.79 Å². The molecule has 2 aromatic rings. The molecule has 7 heteroatoms. The average Bonchev–Trinajstić information content (AvgIpc) is 2.35. The number of ether oxygens (including phenoxy) is 1. The van der Waals surface area contributed by atoms with E-state index in [0.717, 1.165) is 6.07 Å². The van der Waals surface area contributed by atoms with Gasteiger partial charge in [-0.1, -0.05) is 6.07 Å². The second-order valence-corrected chi connectivity index (χ2v) is 4.05. The summed E-state index contributed by atoms with van der Waals surface area (Å²) in [6.45, 7) is 1.56. The van der Waals surface area contributed by atoms with Crippen molar-refractivity contribution in [3.8, 4) is 5.75 Å². The zero-order valence-corrected chi connectivity index (χ0v) is 13.1. The predicted octanol–water partition coefficient (Wildman–Crippen LogP) is -3.08.